The van der Waals surface area contributed by atoms with Crippen LogP contribution < -0.4 is 0 Å². The fourth-order valence-electron chi connectivity index (χ4n) is 1.74. The van der Waals surface area contributed by atoms with Gasteiger partial charge in [0.1, 0.15) is 0 Å². The SMILES string of the molecule is C/C(=C\c1ccc(C(F)(F)F)cc1)[C]1[CH][CH][CH][CH]1. The van der Waals surface area contributed by atoms with E-state index in [0.29, 0.717) is 0 Å². The first-order valence-electron chi connectivity index (χ1n) is 5.54. The predicted octanol–water partition coefficient (Wildman–Crippen LogP) is 4.51. The molecule has 1 aliphatic rings. The van der Waals surface area contributed by atoms with Gasteiger partial charge in [0.25, 0.3) is 0 Å². The van der Waals surface area contributed by atoms with Gasteiger partial charge in [0.15, 0.2) is 0 Å². The van der Waals surface area contributed by atoms with E-state index in [-0.39, 0.29) is 0 Å². The van der Waals surface area contributed by atoms with Crippen molar-refractivity contribution < 1.29 is 13.2 Å². The zero-order valence-electron chi connectivity index (χ0n) is 9.83. The Balaban J connectivity index is 2.12. The molecule has 1 aliphatic carbocycles. The molecule has 0 nitrogen and oxygen atoms in total. The summed E-state index contributed by atoms with van der Waals surface area (Å²) in [4.78, 5) is 0. The summed E-state index contributed by atoms with van der Waals surface area (Å²) < 4.78 is 37.2. The van der Waals surface area contributed by atoms with Gasteiger partial charge in [-0.25, -0.2) is 0 Å². The van der Waals surface area contributed by atoms with E-state index in [2.05, 4.69) is 0 Å². The first-order chi connectivity index (χ1) is 8.47. The van der Waals surface area contributed by atoms with Gasteiger partial charge in [-0.05, 0) is 50.3 Å². The van der Waals surface area contributed by atoms with Crippen molar-refractivity contribution in [2.24, 2.45) is 0 Å². The molecular formula is C15H12F3. The summed E-state index contributed by atoms with van der Waals surface area (Å²) >= 11 is 0. The lowest BCUT2D eigenvalue weighted by molar-refractivity contribution is -0.137. The molecule has 0 heterocycles. The fraction of sp³-hybridized carbons (Fsp3) is 0.133. The summed E-state index contributed by atoms with van der Waals surface area (Å²) in [5.74, 6) is 1.08. The molecule has 93 valence electrons. The average molecular weight is 249 g/mol. The van der Waals surface area contributed by atoms with Crippen molar-refractivity contribution in [3.05, 3.63) is 72.6 Å². The van der Waals surface area contributed by atoms with Gasteiger partial charge in [0.05, 0.1) is 5.56 Å². The summed E-state index contributed by atoms with van der Waals surface area (Å²) in [7, 11) is 0. The Morgan fingerprint density at radius 3 is 2.06 bits per heavy atom. The quantitative estimate of drug-likeness (QED) is 0.723. The minimum atomic E-state index is -4.27. The number of allylic oxidation sites excluding steroid dienone is 1. The lowest BCUT2D eigenvalue weighted by Crippen LogP contribution is -2.04. The topological polar surface area (TPSA) is 0 Å². The van der Waals surface area contributed by atoms with Crippen molar-refractivity contribution in [2.75, 3.05) is 0 Å². The van der Waals surface area contributed by atoms with E-state index in [9.17, 15) is 13.2 Å². The maximum absolute atomic E-state index is 12.4. The molecule has 0 saturated heterocycles. The first kappa shape index (κ1) is 13.2. The van der Waals surface area contributed by atoms with Crippen LogP contribution in [0.5, 0.6) is 0 Å². The molecule has 2 rings (SSSR count). The number of hydrogen-bond donors (Lipinski definition) is 0. The minimum absolute atomic E-state index is 0.620. The molecular weight excluding hydrogens is 237 g/mol. The summed E-state index contributed by atoms with van der Waals surface area (Å²) in [6, 6.07) is 5.17. The number of alkyl halides is 3. The molecule has 0 unspecified atom stereocenters. The maximum Gasteiger partial charge on any atom is 0.416 e. The van der Waals surface area contributed by atoms with Crippen molar-refractivity contribution in [2.45, 2.75) is 13.1 Å². The van der Waals surface area contributed by atoms with Crippen LogP contribution in [-0.4, -0.2) is 0 Å². The molecule has 1 fully saturated rings. The first-order valence-corrected chi connectivity index (χ1v) is 5.54. The second-order valence-electron chi connectivity index (χ2n) is 4.12. The second-order valence-corrected chi connectivity index (χ2v) is 4.12. The van der Waals surface area contributed by atoms with E-state index in [1.54, 1.807) is 0 Å². The fourth-order valence-corrected chi connectivity index (χ4v) is 1.74. The zero-order valence-corrected chi connectivity index (χ0v) is 9.83. The van der Waals surface area contributed by atoms with Gasteiger partial charge >= 0.3 is 6.18 Å². The van der Waals surface area contributed by atoms with Crippen LogP contribution in [0.1, 0.15) is 18.1 Å². The third-order valence-electron chi connectivity index (χ3n) is 2.74. The van der Waals surface area contributed by atoms with Gasteiger partial charge in [0, 0.05) is 5.92 Å². The number of halogens is 3. The molecule has 0 aliphatic heterocycles. The monoisotopic (exact) mass is 249 g/mol. The Hall–Kier alpha value is -1.25. The Labute approximate surface area is 106 Å². The van der Waals surface area contributed by atoms with Crippen molar-refractivity contribution in [1.82, 2.24) is 0 Å². The van der Waals surface area contributed by atoms with E-state index in [1.165, 1.54) is 12.1 Å². The van der Waals surface area contributed by atoms with Gasteiger partial charge in [-0.15, -0.1) is 0 Å². The Morgan fingerprint density at radius 1 is 1.00 bits per heavy atom. The van der Waals surface area contributed by atoms with E-state index in [4.69, 9.17) is 0 Å². The standard InChI is InChI=1S/C15H12F3/c1-11(13-4-2-3-5-13)10-12-6-8-14(9-7-12)15(16,17)18/h2-10H,1H3/b11-10+. The van der Waals surface area contributed by atoms with Crippen molar-refractivity contribution in [3.63, 3.8) is 0 Å². The minimum Gasteiger partial charge on any atom is -0.166 e. The Kier molecular flexibility index (Phi) is 3.79. The highest BCUT2D eigenvalue weighted by molar-refractivity contribution is 5.61. The molecule has 0 bridgehead atoms. The molecule has 0 spiro atoms. The van der Waals surface area contributed by atoms with Crippen LogP contribution in [0.25, 0.3) is 6.08 Å². The van der Waals surface area contributed by atoms with Crippen LogP contribution in [0.2, 0.25) is 0 Å². The smallest absolute Gasteiger partial charge is 0.166 e. The lowest BCUT2D eigenvalue weighted by atomic mass is 9.96. The van der Waals surface area contributed by atoms with Crippen LogP contribution >= 0.6 is 0 Å². The summed E-state index contributed by atoms with van der Waals surface area (Å²) in [6.45, 7) is 1.94. The highest BCUT2D eigenvalue weighted by atomic mass is 19.4. The van der Waals surface area contributed by atoms with Gasteiger partial charge in [-0.3, -0.25) is 0 Å². The third-order valence-corrected chi connectivity index (χ3v) is 2.74. The highest BCUT2D eigenvalue weighted by Crippen LogP contribution is 2.32. The van der Waals surface area contributed by atoms with Crippen LogP contribution in [0, 0.1) is 31.6 Å². The van der Waals surface area contributed by atoms with Gasteiger partial charge < -0.3 is 0 Å². The van der Waals surface area contributed by atoms with Gasteiger partial charge in [0.2, 0.25) is 0 Å². The van der Waals surface area contributed by atoms with E-state index < -0.39 is 11.7 Å². The molecule has 18 heavy (non-hydrogen) atoms. The van der Waals surface area contributed by atoms with Crippen LogP contribution in [0.3, 0.4) is 0 Å². The molecule has 0 N–H and O–H groups in total. The normalized spacial score (nSPS) is 18.3. The van der Waals surface area contributed by atoms with Gasteiger partial charge in [-0.1, -0.05) is 23.8 Å². The molecule has 0 aromatic heterocycles. The molecule has 1 aromatic carbocycles. The van der Waals surface area contributed by atoms with Crippen LogP contribution in [-0.2, 0) is 6.18 Å². The third kappa shape index (κ3) is 3.15. The van der Waals surface area contributed by atoms with Crippen molar-refractivity contribution >= 4 is 6.08 Å². The molecule has 0 amide bonds. The second kappa shape index (κ2) is 5.17. The Morgan fingerprint density at radius 2 is 1.56 bits per heavy atom. The number of hydrogen-bond acceptors (Lipinski definition) is 0. The van der Waals surface area contributed by atoms with Crippen molar-refractivity contribution in [3.8, 4) is 0 Å². The molecule has 1 saturated carbocycles. The largest absolute Gasteiger partial charge is 0.416 e. The van der Waals surface area contributed by atoms with Crippen LogP contribution in [0.4, 0.5) is 13.2 Å². The van der Waals surface area contributed by atoms with Crippen LogP contribution in [0.15, 0.2) is 29.8 Å². The van der Waals surface area contributed by atoms with E-state index in [0.717, 1.165) is 29.2 Å². The summed E-state index contributed by atoms with van der Waals surface area (Å²) in [5.41, 5.74) is 1.17. The average Bonchev–Trinajstić information content (AvgIpc) is 2.82. The predicted molar refractivity (Wildman–Crippen MR) is 65.5 cm³/mol. The summed E-state index contributed by atoms with van der Waals surface area (Å²) in [5, 5.41) is 0. The highest BCUT2D eigenvalue weighted by Gasteiger charge is 2.29. The number of benzene rings is 1. The van der Waals surface area contributed by atoms with Crippen molar-refractivity contribution in [1.29, 1.82) is 0 Å². The summed E-state index contributed by atoms with van der Waals surface area (Å²) in [6.07, 6.45) is 5.39. The van der Waals surface area contributed by atoms with E-state index in [1.807, 2.05) is 38.7 Å². The number of rotatable bonds is 2. The molecule has 0 atom stereocenters. The zero-order chi connectivity index (χ0) is 13.2. The maximum atomic E-state index is 12.4. The van der Waals surface area contributed by atoms with E-state index >= 15 is 0 Å². The van der Waals surface area contributed by atoms with Gasteiger partial charge in [-0.2, -0.15) is 13.2 Å². The lowest BCUT2D eigenvalue weighted by Gasteiger charge is -2.09. The Bertz CT molecular complexity index is 420. The molecule has 3 heteroatoms. The molecule has 5 radical (unpaired) electrons. The molecule has 1 aromatic rings.